The molecule has 0 amide bonds. The number of hydrogen-bond acceptors (Lipinski definition) is 4. The third kappa shape index (κ3) is 2.54. The normalized spacial score (nSPS) is 11.6. The smallest absolute Gasteiger partial charge is 0.173 e. The number of nitrogens with zero attached hydrogens (tertiary/aromatic N) is 3. The van der Waals surface area contributed by atoms with Gasteiger partial charge in [0.1, 0.15) is 5.75 Å². The van der Waals surface area contributed by atoms with Crippen molar-refractivity contribution in [2.24, 2.45) is 17.9 Å². The van der Waals surface area contributed by atoms with Gasteiger partial charge in [0.15, 0.2) is 11.6 Å². The van der Waals surface area contributed by atoms with Crippen LogP contribution in [0.5, 0.6) is 11.5 Å². The average molecular weight is 267 g/mol. The SMILES string of the molecule is Cn1cc(Oc2ccc(Cl)cc2/C(N)=N/O)cn1. The minimum Gasteiger partial charge on any atom is -0.453 e. The molecule has 0 fully saturated rings. The van der Waals surface area contributed by atoms with Crippen LogP contribution in [-0.2, 0) is 7.05 Å². The maximum atomic E-state index is 8.72. The van der Waals surface area contributed by atoms with Gasteiger partial charge in [-0.15, -0.1) is 0 Å². The summed E-state index contributed by atoms with van der Waals surface area (Å²) in [5.74, 6) is 0.908. The number of aryl methyl sites for hydroxylation is 1. The van der Waals surface area contributed by atoms with Crippen molar-refractivity contribution >= 4 is 17.4 Å². The summed E-state index contributed by atoms with van der Waals surface area (Å²) >= 11 is 5.86. The maximum absolute atomic E-state index is 8.72. The molecule has 2 aromatic rings. The number of nitrogens with two attached hydrogens (primary N) is 1. The van der Waals surface area contributed by atoms with Crippen molar-refractivity contribution in [1.82, 2.24) is 9.78 Å². The van der Waals surface area contributed by atoms with E-state index < -0.39 is 0 Å². The molecule has 0 spiro atoms. The molecule has 0 aliphatic carbocycles. The Labute approximate surface area is 108 Å². The lowest BCUT2D eigenvalue weighted by Gasteiger charge is -2.08. The summed E-state index contributed by atoms with van der Waals surface area (Å²) < 4.78 is 7.20. The second-order valence-electron chi connectivity index (χ2n) is 3.58. The molecule has 0 radical (unpaired) electrons. The highest BCUT2D eigenvalue weighted by Gasteiger charge is 2.11. The van der Waals surface area contributed by atoms with E-state index in [4.69, 9.17) is 27.3 Å². The summed E-state index contributed by atoms with van der Waals surface area (Å²) in [6.45, 7) is 0. The Balaban J connectivity index is 2.38. The Morgan fingerprint density at radius 1 is 1.56 bits per heavy atom. The molecular weight excluding hydrogens is 256 g/mol. The van der Waals surface area contributed by atoms with Crippen molar-refractivity contribution < 1.29 is 9.94 Å². The van der Waals surface area contributed by atoms with Crippen molar-refractivity contribution in [1.29, 1.82) is 0 Å². The first kappa shape index (κ1) is 12.3. The Hall–Kier alpha value is -2.21. The van der Waals surface area contributed by atoms with Crippen LogP contribution in [0.15, 0.2) is 35.7 Å². The topological polar surface area (TPSA) is 85.7 Å². The van der Waals surface area contributed by atoms with E-state index in [-0.39, 0.29) is 5.84 Å². The second kappa shape index (κ2) is 4.97. The average Bonchev–Trinajstić information content (AvgIpc) is 2.76. The minimum absolute atomic E-state index is 0.0728. The van der Waals surface area contributed by atoms with Crippen molar-refractivity contribution in [2.45, 2.75) is 0 Å². The van der Waals surface area contributed by atoms with Crippen LogP contribution < -0.4 is 10.5 Å². The van der Waals surface area contributed by atoms with Crippen molar-refractivity contribution in [3.63, 3.8) is 0 Å². The summed E-state index contributed by atoms with van der Waals surface area (Å²) in [6.07, 6.45) is 3.26. The molecule has 0 saturated heterocycles. The van der Waals surface area contributed by atoms with E-state index in [2.05, 4.69) is 10.3 Å². The number of benzene rings is 1. The molecule has 0 aliphatic rings. The predicted octanol–water partition coefficient (Wildman–Crippen LogP) is 1.96. The van der Waals surface area contributed by atoms with Crippen molar-refractivity contribution in [3.05, 3.63) is 41.2 Å². The molecule has 2 rings (SSSR count). The van der Waals surface area contributed by atoms with Crippen LogP contribution in [0.25, 0.3) is 0 Å². The number of aromatic nitrogens is 2. The van der Waals surface area contributed by atoms with Gasteiger partial charge in [0.2, 0.25) is 0 Å². The monoisotopic (exact) mass is 266 g/mol. The van der Waals surface area contributed by atoms with E-state index in [9.17, 15) is 0 Å². The molecule has 94 valence electrons. The quantitative estimate of drug-likeness (QED) is 0.385. The number of halogens is 1. The largest absolute Gasteiger partial charge is 0.453 e. The fraction of sp³-hybridized carbons (Fsp3) is 0.0909. The summed E-state index contributed by atoms with van der Waals surface area (Å²) in [5, 5.41) is 16.1. The van der Waals surface area contributed by atoms with Crippen molar-refractivity contribution in [3.8, 4) is 11.5 Å². The van der Waals surface area contributed by atoms with E-state index in [1.807, 2.05) is 0 Å². The Morgan fingerprint density at radius 2 is 2.33 bits per heavy atom. The van der Waals surface area contributed by atoms with Gasteiger partial charge in [0.25, 0.3) is 0 Å². The Kier molecular flexibility index (Phi) is 3.38. The Bertz CT molecular complexity index is 594. The fourth-order valence-corrected chi connectivity index (χ4v) is 1.60. The van der Waals surface area contributed by atoms with Gasteiger partial charge in [-0.25, -0.2) is 0 Å². The molecule has 3 N–H and O–H groups in total. The third-order valence-corrected chi connectivity index (χ3v) is 2.47. The van der Waals surface area contributed by atoms with Crippen LogP contribution in [0.4, 0.5) is 0 Å². The molecule has 0 saturated carbocycles. The summed E-state index contributed by atoms with van der Waals surface area (Å²) in [5.41, 5.74) is 5.97. The zero-order chi connectivity index (χ0) is 13.1. The molecule has 7 heteroatoms. The Morgan fingerprint density at radius 3 is 2.94 bits per heavy atom. The zero-order valence-corrected chi connectivity index (χ0v) is 10.3. The van der Waals surface area contributed by atoms with Gasteiger partial charge in [0, 0.05) is 12.1 Å². The van der Waals surface area contributed by atoms with Gasteiger partial charge in [-0.2, -0.15) is 5.10 Å². The molecular formula is C11H11ClN4O2. The summed E-state index contributed by atoms with van der Waals surface area (Å²) in [7, 11) is 1.78. The minimum atomic E-state index is -0.0728. The van der Waals surface area contributed by atoms with E-state index in [0.29, 0.717) is 22.1 Å². The highest BCUT2D eigenvalue weighted by atomic mass is 35.5. The van der Waals surface area contributed by atoms with Gasteiger partial charge in [-0.05, 0) is 18.2 Å². The molecule has 18 heavy (non-hydrogen) atoms. The number of hydrogen-bond donors (Lipinski definition) is 2. The number of oxime groups is 1. The molecule has 0 unspecified atom stereocenters. The van der Waals surface area contributed by atoms with Crippen molar-refractivity contribution in [2.75, 3.05) is 0 Å². The van der Waals surface area contributed by atoms with Gasteiger partial charge >= 0.3 is 0 Å². The number of amidine groups is 1. The van der Waals surface area contributed by atoms with Crippen LogP contribution in [0.2, 0.25) is 5.02 Å². The first-order valence-corrected chi connectivity index (χ1v) is 5.42. The maximum Gasteiger partial charge on any atom is 0.173 e. The van der Waals surface area contributed by atoms with Crippen LogP contribution in [0, 0.1) is 0 Å². The van der Waals surface area contributed by atoms with Crippen LogP contribution in [0.3, 0.4) is 0 Å². The first-order valence-electron chi connectivity index (χ1n) is 5.04. The van der Waals surface area contributed by atoms with Gasteiger partial charge in [-0.3, -0.25) is 4.68 Å². The highest BCUT2D eigenvalue weighted by Crippen LogP contribution is 2.27. The van der Waals surface area contributed by atoms with E-state index in [1.165, 1.54) is 0 Å². The second-order valence-corrected chi connectivity index (χ2v) is 4.01. The molecule has 1 aromatic carbocycles. The lowest BCUT2D eigenvalue weighted by atomic mass is 10.2. The highest BCUT2D eigenvalue weighted by molar-refractivity contribution is 6.31. The standard InChI is InChI=1S/C11H11ClN4O2/c1-16-6-8(5-14-16)18-10-3-2-7(12)4-9(10)11(13)15-17/h2-6,17H,1H3,(H2,13,15). The molecule has 0 atom stereocenters. The van der Waals surface area contributed by atoms with Crippen LogP contribution >= 0.6 is 11.6 Å². The van der Waals surface area contributed by atoms with Gasteiger partial charge in [-0.1, -0.05) is 16.8 Å². The van der Waals surface area contributed by atoms with E-state index >= 15 is 0 Å². The van der Waals surface area contributed by atoms with E-state index in [0.717, 1.165) is 0 Å². The lowest BCUT2D eigenvalue weighted by Crippen LogP contribution is -2.14. The van der Waals surface area contributed by atoms with Gasteiger partial charge < -0.3 is 15.7 Å². The first-order chi connectivity index (χ1) is 8.60. The molecule has 1 heterocycles. The lowest BCUT2D eigenvalue weighted by molar-refractivity contribution is 0.318. The molecule has 6 nitrogen and oxygen atoms in total. The van der Waals surface area contributed by atoms with Gasteiger partial charge in [0.05, 0.1) is 18.0 Å². The predicted molar refractivity (Wildman–Crippen MR) is 67.2 cm³/mol. The van der Waals surface area contributed by atoms with Crippen LogP contribution in [-0.4, -0.2) is 20.8 Å². The van der Waals surface area contributed by atoms with Crippen LogP contribution in [0.1, 0.15) is 5.56 Å². The number of ether oxygens (including phenoxy) is 1. The summed E-state index contributed by atoms with van der Waals surface area (Å²) in [6, 6.07) is 4.85. The number of rotatable bonds is 3. The summed E-state index contributed by atoms with van der Waals surface area (Å²) in [4.78, 5) is 0. The fourth-order valence-electron chi connectivity index (χ4n) is 1.42. The van der Waals surface area contributed by atoms with E-state index in [1.54, 1.807) is 42.3 Å². The zero-order valence-electron chi connectivity index (χ0n) is 9.54. The molecule has 0 bridgehead atoms. The third-order valence-electron chi connectivity index (χ3n) is 2.23. The molecule has 1 aromatic heterocycles. The molecule has 0 aliphatic heterocycles.